The standard InChI is InChI=1S/C23H23ClN4O2/c1-15(2)22-20(14-25-28(22)18-10-8-16(24)9-11-18)23(30)26-17-5-3-6-19(13-17)27-12-4-7-21(27)29/h3,5-6,8-11,13-15H,4,7,12H2,1-2H3,(H,26,30). The molecule has 1 N–H and O–H groups in total. The van der Waals surface area contributed by atoms with Crippen molar-refractivity contribution in [3.63, 3.8) is 0 Å². The van der Waals surface area contributed by atoms with Gasteiger partial charge in [-0.25, -0.2) is 4.68 Å². The minimum atomic E-state index is -0.233. The molecular weight excluding hydrogens is 400 g/mol. The van der Waals surface area contributed by atoms with Gasteiger partial charge in [-0.3, -0.25) is 9.59 Å². The van der Waals surface area contributed by atoms with E-state index in [-0.39, 0.29) is 17.7 Å². The van der Waals surface area contributed by atoms with Crippen LogP contribution in [-0.2, 0) is 4.79 Å². The first-order chi connectivity index (χ1) is 14.4. The Balaban J connectivity index is 1.61. The minimum absolute atomic E-state index is 0.0810. The Morgan fingerprint density at radius 2 is 1.90 bits per heavy atom. The lowest BCUT2D eigenvalue weighted by Crippen LogP contribution is -2.23. The highest BCUT2D eigenvalue weighted by Crippen LogP contribution is 2.27. The van der Waals surface area contributed by atoms with Crippen LogP contribution in [-0.4, -0.2) is 28.1 Å². The largest absolute Gasteiger partial charge is 0.322 e. The normalized spacial score (nSPS) is 13.9. The zero-order valence-electron chi connectivity index (χ0n) is 16.9. The fourth-order valence-electron chi connectivity index (χ4n) is 3.75. The Morgan fingerprint density at radius 3 is 2.57 bits per heavy atom. The number of halogens is 1. The van der Waals surface area contributed by atoms with E-state index in [0.717, 1.165) is 23.5 Å². The number of anilines is 2. The molecule has 2 aromatic carbocycles. The van der Waals surface area contributed by atoms with E-state index in [0.29, 0.717) is 29.2 Å². The van der Waals surface area contributed by atoms with Crippen LogP contribution in [0.4, 0.5) is 11.4 Å². The van der Waals surface area contributed by atoms with Gasteiger partial charge in [0.2, 0.25) is 5.91 Å². The van der Waals surface area contributed by atoms with Gasteiger partial charge < -0.3 is 10.2 Å². The number of carbonyl (C=O) groups excluding carboxylic acids is 2. The first-order valence-electron chi connectivity index (χ1n) is 9.99. The molecule has 6 nitrogen and oxygen atoms in total. The smallest absolute Gasteiger partial charge is 0.259 e. The molecule has 3 aromatic rings. The van der Waals surface area contributed by atoms with E-state index in [1.165, 1.54) is 0 Å². The van der Waals surface area contributed by atoms with E-state index < -0.39 is 0 Å². The second kappa shape index (κ2) is 8.32. The molecule has 0 bridgehead atoms. The summed E-state index contributed by atoms with van der Waals surface area (Å²) in [6, 6.07) is 14.7. The summed E-state index contributed by atoms with van der Waals surface area (Å²) >= 11 is 6.00. The Bertz CT molecular complexity index is 1090. The second-order valence-electron chi connectivity index (χ2n) is 7.64. The fraction of sp³-hybridized carbons (Fsp3) is 0.261. The molecule has 4 rings (SSSR count). The molecule has 2 amide bonds. The summed E-state index contributed by atoms with van der Waals surface area (Å²) in [6.07, 6.45) is 3.02. The van der Waals surface area contributed by atoms with E-state index in [2.05, 4.69) is 10.4 Å². The summed E-state index contributed by atoms with van der Waals surface area (Å²) in [5.74, 6) is -0.0360. The van der Waals surface area contributed by atoms with Crippen LogP contribution in [0, 0.1) is 0 Å². The summed E-state index contributed by atoms with van der Waals surface area (Å²) in [5.41, 5.74) is 3.63. The molecule has 0 saturated carbocycles. The first-order valence-corrected chi connectivity index (χ1v) is 10.4. The summed E-state index contributed by atoms with van der Waals surface area (Å²) < 4.78 is 1.77. The maximum absolute atomic E-state index is 13.1. The van der Waals surface area contributed by atoms with Gasteiger partial charge in [0.1, 0.15) is 0 Å². The zero-order valence-corrected chi connectivity index (χ0v) is 17.7. The molecule has 30 heavy (non-hydrogen) atoms. The van der Waals surface area contributed by atoms with Crippen LogP contribution >= 0.6 is 11.6 Å². The van der Waals surface area contributed by atoms with Crippen molar-refractivity contribution in [1.82, 2.24) is 9.78 Å². The molecule has 0 unspecified atom stereocenters. The highest BCUT2D eigenvalue weighted by atomic mass is 35.5. The van der Waals surface area contributed by atoms with Crippen molar-refractivity contribution in [3.05, 3.63) is 71.0 Å². The van der Waals surface area contributed by atoms with E-state index in [9.17, 15) is 9.59 Å². The van der Waals surface area contributed by atoms with Crippen molar-refractivity contribution in [3.8, 4) is 5.69 Å². The monoisotopic (exact) mass is 422 g/mol. The van der Waals surface area contributed by atoms with E-state index in [4.69, 9.17) is 11.6 Å². The highest BCUT2D eigenvalue weighted by Gasteiger charge is 2.23. The number of carbonyl (C=O) groups is 2. The predicted octanol–water partition coefficient (Wildman–Crippen LogP) is 5.03. The van der Waals surface area contributed by atoms with Gasteiger partial charge in [-0.05, 0) is 54.8 Å². The van der Waals surface area contributed by atoms with Crippen LogP contribution in [0.5, 0.6) is 0 Å². The Morgan fingerprint density at radius 1 is 1.13 bits per heavy atom. The molecule has 1 fully saturated rings. The molecule has 2 heterocycles. The fourth-order valence-corrected chi connectivity index (χ4v) is 3.87. The van der Waals surface area contributed by atoms with Crippen molar-refractivity contribution in [2.24, 2.45) is 0 Å². The second-order valence-corrected chi connectivity index (χ2v) is 8.08. The molecule has 0 aliphatic carbocycles. The van der Waals surface area contributed by atoms with Gasteiger partial charge in [0.15, 0.2) is 0 Å². The third-order valence-electron chi connectivity index (χ3n) is 5.16. The number of rotatable bonds is 5. The number of amides is 2. The Kier molecular flexibility index (Phi) is 5.59. The van der Waals surface area contributed by atoms with Crippen LogP contribution in [0.1, 0.15) is 48.7 Å². The Hall–Kier alpha value is -3.12. The average molecular weight is 423 g/mol. The van der Waals surface area contributed by atoms with E-state index in [1.807, 2.05) is 50.2 Å². The summed E-state index contributed by atoms with van der Waals surface area (Å²) in [7, 11) is 0. The predicted molar refractivity (Wildman–Crippen MR) is 119 cm³/mol. The molecule has 7 heteroatoms. The summed E-state index contributed by atoms with van der Waals surface area (Å²) in [6.45, 7) is 4.77. The molecule has 0 spiro atoms. The van der Waals surface area contributed by atoms with Crippen LogP contribution in [0.15, 0.2) is 54.7 Å². The zero-order chi connectivity index (χ0) is 21.3. The number of aromatic nitrogens is 2. The van der Waals surface area contributed by atoms with Gasteiger partial charge >= 0.3 is 0 Å². The molecule has 154 valence electrons. The van der Waals surface area contributed by atoms with Crippen molar-refractivity contribution in [2.75, 3.05) is 16.8 Å². The Labute approximate surface area is 180 Å². The maximum Gasteiger partial charge on any atom is 0.259 e. The highest BCUT2D eigenvalue weighted by molar-refractivity contribution is 6.30. The molecule has 0 radical (unpaired) electrons. The topological polar surface area (TPSA) is 67.2 Å². The molecule has 0 atom stereocenters. The SMILES string of the molecule is CC(C)c1c(C(=O)Nc2cccc(N3CCCC3=O)c2)cnn1-c1ccc(Cl)cc1. The van der Waals surface area contributed by atoms with Crippen molar-refractivity contribution in [1.29, 1.82) is 0 Å². The summed E-state index contributed by atoms with van der Waals surface area (Å²) in [4.78, 5) is 26.9. The van der Waals surface area contributed by atoms with Gasteiger partial charge in [0, 0.05) is 29.4 Å². The van der Waals surface area contributed by atoms with Crippen LogP contribution in [0.2, 0.25) is 5.02 Å². The maximum atomic E-state index is 13.1. The number of hydrogen-bond acceptors (Lipinski definition) is 3. The van der Waals surface area contributed by atoms with Gasteiger partial charge in [-0.1, -0.05) is 31.5 Å². The van der Waals surface area contributed by atoms with Gasteiger partial charge in [0.25, 0.3) is 5.91 Å². The third kappa shape index (κ3) is 3.96. The van der Waals surface area contributed by atoms with Gasteiger partial charge in [-0.2, -0.15) is 5.10 Å². The molecular formula is C23H23ClN4O2. The van der Waals surface area contributed by atoms with Crippen LogP contribution in [0.25, 0.3) is 5.69 Å². The van der Waals surface area contributed by atoms with Gasteiger partial charge in [0.05, 0.1) is 23.1 Å². The lowest BCUT2D eigenvalue weighted by atomic mass is 10.0. The van der Waals surface area contributed by atoms with E-state index in [1.54, 1.807) is 27.9 Å². The molecule has 1 aliphatic heterocycles. The van der Waals surface area contributed by atoms with Crippen LogP contribution in [0.3, 0.4) is 0 Å². The number of nitrogens with zero attached hydrogens (tertiary/aromatic N) is 3. The number of benzene rings is 2. The molecule has 1 aliphatic rings. The molecule has 1 aromatic heterocycles. The average Bonchev–Trinajstić information content (AvgIpc) is 3.35. The lowest BCUT2D eigenvalue weighted by Gasteiger charge is -2.17. The van der Waals surface area contributed by atoms with Crippen LogP contribution < -0.4 is 10.2 Å². The first kappa shape index (κ1) is 20.2. The lowest BCUT2D eigenvalue weighted by molar-refractivity contribution is -0.117. The van der Waals surface area contributed by atoms with E-state index >= 15 is 0 Å². The summed E-state index contributed by atoms with van der Waals surface area (Å²) in [5, 5.41) is 8.05. The number of hydrogen-bond donors (Lipinski definition) is 1. The number of nitrogens with one attached hydrogen (secondary N) is 1. The van der Waals surface area contributed by atoms with Gasteiger partial charge in [-0.15, -0.1) is 0 Å². The van der Waals surface area contributed by atoms with Crippen molar-refractivity contribution < 1.29 is 9.59 Å². The quantitative estimate of drug-likeness (QED) is 0.627. The van der Waals surface area contributed by atoms with Crippen molar-refractivity contribution >= 4 is 34.8 Å². The molecule has 1 saturated heterocycles. The van der Waals surface area contributed by atoms with Crippen molar-refractivity contribution in [2.45, 2.75) is 32.6 Å². The minimum Gasteiger partial charge on any atom is -0.322 e. The third-order valence-corrected chi connectivity index (χ3v) is 5.41.